The minimum atomic E-state index is -1.73. The van der Waals surface area contributed by atoms with E-state index in [2.05, 4.69) is 25.4 Å². The molecule has 1 saturated heterocycles. The maximum Gasteiger partial charge on any atom is 0.173 e. The van der Waals surface area contributed by atoms with Gasteiger partial charge in [-0.3, -0.25) is 4.68 Å². The Balaban J connectivity index is 1.27. The fourth-order valence-electron chi connectivity index (χ4n) is 4.84. The predicted octanol–water partition coefficient (Wildman–Crippen LogP) is 3.72. The van der Waals surface area contributed by atoms with Crippen molar-refractivity contribution in [2.45, 2.75) is 44.5 Å². The van der Waals surface area contributed by atoms with Crippen molar-refractivity contribution in [2.24, 2.45) is 0 Å². The van der Waals surface area contributed by atoms with E-state index in [1.807, 2.05) is 49.0 Å². The van der Waals surface area contributed by atoms with Crippen LogP contribution in [0.2, 0.25) is 0 Å². The molecular weight excluding hydrogens is 503 g/mol. The summed E-state index contributed by atoms with van der Waals surface area (Å²) in [5, 5.41) is 19.9. The van der Waals surface area contributed by atoms with Crippen molar-refractivity contribution < 1.29 is 19.0 Å². The molecule has 1 aromatic carbocycles. The molecule has 0 aliphatic carbocycles. The number of ether oxygens (including phenoxy) is 2. The first-order valence-corrected chi connectivity index (χ1v) is 12.7. The van der Waals surface area contributed by atoms with Crippen molar-refractivity contribution in [3.8, 4) is 17.0 Å². The van der Waals surface area contributed by atoms with E-state index < -0.39 is 24.6 Å². The van der Waals surface area contributed by atoms with E-state index in [0.717, 1.165) is 16.7 Å². The van der Waals surface area contributed by atoms with E-state index in [9.17, 15) is 5.11 Å². The lowest BCUT2D eigenvalue weighted by Gasteiger charge is -2.17. The van der Waals surface area contributed by atoms with Gasteiger partial charge in [0.15, 0.2) is 12.4 Å². The second-order valence-electron chi connectivity index (χ2n) is 9.79. The van der Waals surface area contributed by atoms with Gasteiger partial charge in [-0.05, 0) is 44.2 Å². The number of aromatic nitrogens is 6. The highest BCUT2D eigenvalue weighted by Gasteiger charge is 2.46. The van der Waals surface area contributed by atoms with E-state index in [-0.39, 0.29) is 18.5 Å². The SMILES string of the molecule is CNc1ccc2ccc(OC[C@H]3O[C@@H](n4cc(-c5ccn(C(C)C)n5)c5c(N)ncnc54)[C@@H](F)[C@@H]3O)cc2n1. The van der Waals surface area contributed by atoms with Crippen LogP contribution in [0.15, 0.2) is 55.1 Å². The first-order valence-electron chi connectivity index (χ1n) is 12.7. The topological polar surface area (TPSA) is 138 Å². The maximum atomic E-state index is 15.5. The number of nitrogens with zero attached hydrogens (tertiary/aromatic N) is 6. The number of aliphatic hydroxyl groups is 1. The summed E-state index contributed by atoms with van der Waals surface area (Å²) < 4.78 is 30.8. The van der Waals surface area contributed by atoms with Crippen LogP contribution >= 0.6 is 0 Å². The van der Waals surface area contributed by atoms with Crippen LogP contribution in [0.5, 0.6) is 5.75 Å². The predicted molar refractivity (Wildman–Crippen MR) is 145 cm³/mol. The van der Waals surface area contributed by atoms with E-state index in [0.29, 0.717) is 28.0 Å². The summed E-state index contributed by atoms with van der Waals surface area (Å²) in [6.45, 7) is 3.99. The molecule has 1 aliphatic heterocycles. The maximum absolute atomic E-state index is 15.5. The molecule has 0 amide bonds. The molecule has 202 valence electrons. The first-order chi connectivity index (χ1) is 18.8. The monoisotopic (exact) mass is 532 g/mol. The van der Waals surface area contributed by atoms with Gasteiger partial charge >= 0.3 is 0 Å². The number of nitrogens with one attached hydrogen (secondary N) is 1. The van der Waals surface area contributed by atoms with Crippen molar-refractivity contribution in [3.63, 3.8) is 0 Å². The van der Waals surface area contributed by atoms with Crippen LogP contribution in [0.4, 0.5) is 16.0 Å². The number of nitrogens with two attached hydrogens (primary N) is 1. The number of alkyl halides is 1. The van der Waals surface area contributed by atoms with Gasteiger partial charge in [-0.25, -0.2) is 19.3 Å². The third-order valence-electron chi connectivity index (χ3n) is 6.95. The second kappa shape index (κ2) is 9.79. The van der Waals surface area contributed by atoms with Gasteiger partial charge in [-0.15, -0.1) is 0 Å². The number of aliphatic hydroxyl groups excluding tert-OH is 1. The average Bonchev–Trinajstić information content (AvgIpc) is 3.64. The number of pyridine rings is 1. The summed E-state index contributed by atoms with van der Waals surface area (Å²) >= 11 is 0. The highest BCUT2D eigenvalue weighted by atomic mass is 19.1. The Bertz CT molecular complexity index is 1650. The Labute approximate surface area is 223 Å². The van der Waals surface area contributed by atoms with E-state index in [1.54, 1.807) is 29.9 Å². The van der Waals surface area contributed by atoms with Crippen LogP contribution in [-0.2, 0) is 4.74 Å². The van der Waals surface area contributed by atoms with Crippen molar-refractivity contribution in [3.05, 3.63) is 55.1 Å². The molecule has 0 bridgehead atoms. The summed E-state index contributed by atoms with van der Waals surface area (Å²) in [6.07, 6.45) is -0.332. The third kappa shape index (κ3) is 4.41. The molecule has 12 heteroatoms. The van der Waals surface area contributed by atoms with Crippen LogP contribution in [-0.4, -0.2) is 66.4 Å². The number of halogens is 1. The smallest absolute Gasteiger partial charge is 0.173 e. The average molecular weight is 533 g/mol. The Morgan fingerprint density at radius 1 is 1.21 bits per heavy atom. The molecule has 1 aliphatic rings. The summed E-state index contributed by atoms with van der Waals surface area (Å²) in [7, 11) is 1.80. The molecule has 0 radical (unpaired) electrons. The van der Waals surface area contributed by atoms with Gasteiger partial charge in [0.2, 0.25) is 0 Å². The quantitative estimate of drug-likeness (QED) is 0.286. The van der Waals surface area contributed by atoms with Crippen molar-refractivity contribution in [2.75, 3.05) is 24.7 Å². The summed E-state index contributed by atoms with van der Waals surface area (Å²) in [4.78, 5) is 13.0. The molecule has 39 heavy (non-hydrogen) atoms. The lowest BCUT2D eigenvalue weighted by molar-refractivity contribution is -0.0410. The molecule has 11 nitrogen and oxygen atoms in total. The number of rotatable bonds is 7. The first kappa shape index (κ1) is 25.0. The molecule has 4 N–H and O–H groups in total. The molecule has 4 atom stereocenters. The lowest BCUT2D eigenvalue weighted by atomic mass is 10.1. The highest BCUT2D eigenvalue weighted by Crippen LogP contribution is 2.39. The fourth-order valence-corrected chi connectivity index (χ4v) is 4.84. The van der Waals surface area contributed by atoms with E-state index in [1.165, 1.54) is 6.33 Å². The van der Waals surface area contributed by atoms with E-state index in [4.69, 9.17) is 15.2 Å². The minimum absolute atomic E-state index is 0.0582. The number of benzene rings is 1. The van der Waals surface area contributed by atoms with Crippen molar-refractivity contribution >= 4 is 33.6 Å². The molecule has 0 spiro atoms. The molecular formula is C27H29FN8O3. The van der Waals surface area contributed by atoms with Gasteiger partial charge in [0.25, 0.3) is 0 Å². The Morgan fingerprint density at radius 2 is 2.03 bits per heavy atom. The van der Waals surface area contributed by atoms with Crippen LogP contribution in [0.1, 0.15) is 26.1 Å². The van der Waals surface area contributed by atoms with Gasteiger partial charge in [0.1, 0.15) is 48.2 Å². The summed E-state index contributed by atoms with van der Waals surface area (Å²) in [5.41, 5.74) is 8.65. The number of fused-ring (bicyclic) bond motifs is 2. The van der Waals surface area contributed by atoms with Crippen LogP contribution in [0.3, 0.4) is 0 Å². The third-order valence-corrected chi connectivity index (χ3v) is 6.95. The Kier molecular flexibility index (Phi) is 6.28. The van der Waals surface area contributed by atoms with Crippen LogP contribution < -0.4 is 15.8 Å². The summed E-state index contributed by atoms with van der Waals surface area (Å²) in [6, 6.07) is 11.4. The van der Waals surface area contributed by atoms with E-state index >= 15 is 4.39 Å². The van der Waals surface area contributed by atoms with Gasteiger partial charge in [-0.2, -0.15) is 5.10 Å². The number of hydrogen-bond acceptors (Lipinski definition) is 9. The van der Waals surface area contributed by atoms with Gasteiger partial charge < -0.3 is 30.2 Å². The normalized spacial score (nSPS) is 21.3. The Hall–Kier alpha value is -4.29. The molecule has 5 aromatic rings. The molecule has 0 unspecified atom stereocenters. The number of hydrogen-bond donors (Lipinski definition) is 3. The number of nitrogen functional groups attached to an aromatic ring is 1. The van der Waals surface area contributed by atoms with Crippen molar-refractivity contribution in [1.82, 2.24) is 29.3 Å². The van der Waals surface area contributed by atoms with Gasteiger partial charge in [0.05, 0.1) is 16.6 Å². The molecule has 6 rings (SSSR count). The minimum Gasteiger partial charge on any atom is -0.491 e. The number of anilines is 2. The molecule has 4 aromatic heterocycles. The largest absolute Gasteiger partial charge is 0.491 e. The molecule has 5 heterocycles. The second-order valence-corrected chi connectivity index (χ2v) is 9.79. The van der Waals surface area contributed by atoms with Gasteiger partial charge in [-0.1, -0.05) is 0 Å². The zero-order chi connectivity index (χ0) is 27.3. The highest BCUT2D eigenvalue weighted by molar-refractivity contribution is 5.99. The Morgan fingerprint density at radius 3 is 2.79 bits per heavy atom. The zero-order valence-corrected chi connectivity index (χ0v) is 21.7. The molecule has 0 saturated carbocycles. The van der Waals surface area contributed by atoms with Crippen LogP contribution in [0, 0.1) is 0 Å². The van der Waals surface area contributed by atoms with Crippen molar-refractivity contribution in [1.29, 1.82) is 0 Å². The van der Waals surface area contributed by atoms with Crippen LogP contribution in [0.25, 0.3) is 33.2 Å². The summed E-state index contributed by atoms with van der Waals surface area (Å²) in [5.74, 6) is 1.51. The zero-order valence-electron chi connectivity index (χ0n) is 21.7. The lowest BCUT2D eigenvalue weighted by Crippen LogP contribution is -2.32. The fraction of sp³-hybridized carbons (Fsp3) is 0.333. The molecule has 1 fully saturated rings. The standard InChI is InChI=1S/C27H29FN8O3/c1-14(2)36-9-8-18(34-36)17-11-35(26-22(17)25(29)31-13-32-26)27-23(28)24(37)20(39-27)12-38-16-6-4-15-5-7-21(30-3)33-19(15)10-16/h4-11,13-14,20,23-24,27,37H,12H2,1-3H3,(H,30,33)(H2,29,31,32)/t20-,23+,24-,27-/m1/s1. The van der Waals surface area contributed by atoms with Gasteiger partial charge in [0, 0.05) is 42.5 Å².